The molecule has 0 N–H and O–H groups in total. The van der Waals surface area contributed by atoms with E-state index in [1.54, 1.807) is 6.20 Å². The van der Waals surface area contributed by atoms with Crippen molar-refractivity contribution in [2.24, 2.45) is 0 Å². The van der Waals surface area contributed by atoms with Gasteiger partial charge in [0.25, 0.3) is 0 Å². The molecule has 0 fully saturated rings. The summed E-state index contributed by atoms with van der Waals surface area (Å²) in [5.74, 6) is 0.440. The van der Waals surface area contributed by atoms with Crippen molar-refractivity contribution >= 4 is 11.6 Å². The van der Waals surface area contributed by atoms with E-state index in [4.69, 9.17) is 11.6 Å². The maximum Gasteiger partial charge on any atom is 0.132 e. The minimum Gasteiger partial charge on any atom is -0.264 e. The molecule has 18 heavy (non-hydrogen) atoms. The molecular weight excluding hydrogens is 246 g/mol. The Bertz CT molecular complexity index is 487. The predicted molar refractivity (Wildman–Crippen MR) is 72.6 cm³/mol. The lowest BCUT2D eigenvalue weighted by Gasteiger charge is -2.15. The SMILES string of the molecule is CCCC(Cc1cc(Cl)ncn1)c1cccnc1. The van der Waals surface area contributed by atoms with Gasteiger partial charge in [-0.1, -0.05) is 31.0 Å². The zero-order chi connectivity index (χ0) is 12.8. The van der Waals surface area contributed by atoms with Gasteiger partial charge >= 0.3 is 0 Å². The number of aromatic nitrogens is 3. The average molecular weight is 262 g/mol. The van der Waals surface area contributed by atoms with Gasteiger partial charge in [0.2, 0.25) is 0 Å². The standard InChI is InChI=1S/C14H16ClN3/c1-2-4-11(12-5-3-6-16-9-12)7-13-8-14(15)18-10-17-13/h3,5-6,8-11H,2,4,7H2,1H3. The van der Waals surface area contributed by atoms with E-state index in [2.05, 4.69) is 27.9 Å². The number of pyridine rings is 1. The van der Waals surface area contributed by atoms with E-state index in [0.29, 0.717) is 11.1 Å². The fourth-order valence-electron chi connectivity index (χ4n) is 2.09. The van der Waals surface area contributed by atoms with Crippen LogP contribution in [0, 0.1) is 0 Å². The number of hydrogen-bond acceptors (Lipinski definition) is 3. The van der Waals surface area contributed by atoms with Gasteiger partial charge in [0, 0.05) is 18.1 Å². The molecule has 0 radical (unpaired) electrons. The van der Waals surface area contributed by atoms with Crippen LogP contribution >= 0.6 is 11.6 Å². The fourth-order valence-corrected chi connectivity index (χ4v) is 2.26. The van der Waals surface area contributed by atoms with Crippen molar-refractivity contribution in [1.29, 1.82) is 0 Å². The third kappa shape index (κ3) is 3.50. The van der Waals surface area contributed by atoms with Crippen molar-refractivity contribution in [3.63, 3.8) is 0 Å². The first-order chi connectivity index (χ1) is 8.79. The molecule has 4 heteroatoms. The Hall–Kier alpha value is -1.48. The van der Waals surface area contributed by atoms with Crippen molar-refractivity contribution in [1.82, 2.24) is 15.0 Å². The summed E-state index contributed by atoms with van der Waals surface area (Å²) in [6, 6.07) is 5.93. The Balaban J connectivity index is 2.16. The van der Waals surface area contributed by atoms with Crippen LogP contribution in [0.15, 0.2) is 36.9 Å². The van der Waals surface area contributed by atoms with Gasteiger partial charge in [-0.2, -0.15) is 0 Å². The molecule has 0 aliphatic heterocycles. The number of rotatable bonds is 5. The van der Waals surface area contributed by atoms with Crippen molar-refractivity contribution < 1.29 is 0 Å². The fraction of sp³-hybridized carbons (Fsp3) is 0.357. The van der Waals surface area contributed by atoms with Gasteiger partial charge in [-0.25, -0.2) is 9.97 Å². The van der Waals surface area contributed by atoms with Gasteiger partial charge in [0.15, 0.2) is 0 Å². The monoisotopic (exact) mass is 261 g/mol. The van der Waals surface area contributed by atoms with Gasteiger partial charge in [-0.15, -0.1) is 0 Å². The largest absolute Gasteiger partial charge is 0.264 e. The normalized spacial score (nSPS) is 12.3. The van der Waals surface area contributed by atoms with Gasteiger partial charge in [0.1, 0.15) is 11.5 Å². The first-order valence-corrected chi connectivity index (χ1v) is 6.53. The molecule has 2 aromatic heterocycles. The molecule has 1 unspecified atom stereocenters. The van der Waals surface area contributed by atoms with E-state index in [-0.39, 0.29) is 0 Å². The Labute approximate surface area is 112 Å². The summed E-state index contributed by atoms with van der Waals surface area (Å²) in [7, 11) is 0. The lowest BCUT2D eigenvalue weighted by atomic mass is 9.91. The lowest BCUT2D eigenvalue weighted by Crippen LogP contribution is -2.05. The molecule has 3 nitrogen and oxygen atoms in total. The zero-order valence-electron chi connectivity index (χ0n) is 10.4. The summed E-state index contributed by atoms with van der Waals surface area (Å²) in [4.78, 5) is 12.4. The molecule has 0 amide bonds. The van der Waals surface area contributed by atoms with E-state index in [1.165, 1.54) is 11.9 Å². The quantitative estimate of drug-likeness (QED) is 0.771. The average Bonchev–Trinajstić information content (AvgIpc) is 2.39. The second kappa shape index (κ2) is 6.45. The number of hydrogen-bond donors (Lipinski definition) is 0. The van der Waals surface area contributed by atoms with Crippen molar-refractivity contribution in [2.45, 2.75) is 32.1 Å². The Morgan fingerprint density at radius 1 is 1.33 bits per heavy atom. The van der Waals surface area contributed by atoms with Crippen LogP contribution in [0.4, 0.5) is 0 Å². The maximum absolute atomic E-state index is 5.89. The molecule has 0 spiro atoms. The van der Waals surface area contributed by atoms with Crippen LogP contribution in [0.3, 0.4) is 0 Å². The summed E-state index contributed by atoms with van der Waals surface area (Å²) in [6.07, 6.45) is 8.38. The Kier molecular flexibility index (Phi) is 4.65. The molecule has 0 aromatic carbocycles. The predicted octanol–water partition coefficient (Wildman–Crippen LogP) is 3.65. The van der Waals surface area contributed by atoms with Crippen molar-refractivity contribution in [3.05, 3.63) is 53.3 Å². The van der Waals surface area contributed by atoms with Crippen LogP contribution in [-0.4, -0.2) is 15.0 Å². The number of nitrogens with zero attached hydrogens (tertiary/aromatic N) is 3. The third-order valence-corrected chi connectivity index (χ3v) is 3.15. The zero-order valence-corrected chi connectivity index (χ0v) is 11.1. The minimum atomic E-state index is 0.440. The van der Waals surface area contributed by atoms with Gasteiger partial charge in [-0.3, -0.25) is 4.98 Å². The first-order valence-electron chi connectivity index (χ1n) is 6.16. The second-order valence-electron chi connectivity index (χ2n) is 4.31. The second-order valence-corrected chi connectivity index (χ2v) is 4.70. The maximum atomic E-state index is 5.89. The molecule has 0 bridgehead atoms. The van der Waals surface area contributed by atoms with E-state index >= 15 is 0 Å². The lowest BCUT2D eigenvalue weighted by molar-refractivity contribution is 0.600. The van der Waals surface area contributed by atoms with Crippen molar-refractivity contribution in [2.75, 3.05) is 0 Å². The Morgan fingerprint density at radius 2 is 2.22 bits per heavy atom. The molecule has 0 saturated heterocycles. The highest BCUT2D eigenvalue weighted by atomic mass is 35.5. The molecule has 1 atom stereocenters. The van der Waals surface area contributed by atoms with Crippen LogP contribution < -0.4 is 0 Å². The molecule has 2 heterocycles. The van der Waals surface area contributed by atoms with Crippen LogP contribution in [0.1, 0.15) is 36.9 Å². The summed E-state index contributed by atoms with van der Waals surface area (Å²) in [6.45, 7) is 2.19. The Morgan fingerprint density at radius 3 is 2.89 bits per heavy atom. The molecule has 0 aliphatic rings. The molecule has 2 aromatic rings. The van der Waals surface area contributed by atoms with E-state index < -0.39 is 0 Å². The number of halogens is 1. The van der Waals surface area contributed by atoms with E-state index in [0.717, 1.165) is 25.0 Å². The van der Waals surface area contributed by atoms with Gasteiger partial charge in [0.05, 0.1) is 0 Å². The minimum absolute atomic E-state index is 0.440. The third-order valence-electron chi connectivity index (χ3n) is 2.94. The topological polar surface area (TPSA) is 38.7 Å². The highest BCUT2D eigenvalue weighted by molar-refractivity contribution is 6.29. The summed E-state index contributed by atoms with van der Waals surface area (Å²) in [5.41, 5.74) is 2.24. The van der Waals surface area contributed by atoms with Crippen molar-refractivity contribution in [3.8, 4) is 0 Å². The van der Waals surface area contributed by atoms with Gasteiger partial charge < -0.3 is 0 Å². The van der Waals surface area contributed by atoms with Gasteiger partial charge in [-0.05, 0) is 36.5 Å². The molecule has 0 saturated carbocycles. The summed E-state index contributed by atoms with van der Waals surface area (Å²) < 4.78 is 0. The highest BCUT2D eigenvalue weighted by Crippen LogP contribution is 2.24. The molecule has 0 aliphatic carbocycles. The molecule has 94 valence electrons. The molecular formula is C14H16ClN3. The van der Waals surface area contributed by atoms with E-state index in [1.807, 2.05) is 18.3 Å². The van der Waals surface area contributed by atoms with Crippen LogP contribution in [0.2, 0.25) is 5.15 Å². The smallest absolute Gasteiger partial charge is 0.132 e. The van der Waals surface area contributed by atoms with Crippen LogP contribution in [-0.2, 0) is 6.42 Å². The van der Waals surface area contributed by atoms with E-state index in [9.17, 15) is 0 Å². The highest BCUT2D eigenvalue weighted by Gasteiger charge is 2.12. The van der Waals surface area contributed by atoms with Crippen LogP contribution in [0.5, 0.6) is 0 Å². The summed E-state index contributed by atoms with van der Waals surface area (Å²) in [5, 5.41) is 0.501. The molecule has 2 rings (SSSR count). The first kappa shape index (κ1) is 13.0. The van der Waals surface area contributed by atoms with Crippen LogP contribution in [0.25, 0.3) is 0 Å². The summed E-state index contributed by atoms with van der Waals surface area (Å²) >= 11 is 5.89.